The second-order valence-corrected chi connectivity index (χ2v) is 5.82. The van der Waals surface area contributed by atoms with E-state index in [1.807, 2.05) is 18.5 Å². The maximum absolute atomic E-state index is 12.2. The molecular weight excluding hydrogens is 320 g/mol. The third-order valence-corrected chi connectivity index (χ3v) is 3.48. The van der Waals surface area contributed by atoms with E-state index in [0.29, 0.717) is 5.69 Å². The molecule has 0 aliphatic carbocycles. The number of amides is 1. The molecule has 0 atom stereocenters. The molecule has 0 aliphatic heterocycles. The van der Waals surface area contributed by atoms with Gasteiger partial charge in [0.1, 0.15) is 5.69 Å². The van der Waals surface area contributed by atoms with Crippen molar-refractivity contribution >= 4 is 27.5 Å². The molecule has 0 fully saturated rings. The summed E-state index contributed by atoms with van der Waals surface area (Å²) in [5, 5.41) is 7.33. The molecule has 5 nitrogen and oxygen atoms in total. The molecule has 20 heavy (non-hydrogen) atoms. The van der Waals surface area contributed by atoms with Crippen LogP contribution in [-0.4, -0.2) is 20.7 Å². The fourth-order valence-electron chi connectivity index (χ4n) is 2.03. The van der Waals surface area contributed by atoms with Gasteiger partial charge in [-0.2, -0.15) is 5.10 Å². The fourth-order valence-corrected chi connectivity index (χ4v) is 2.27. The van der Waals surface area contributed by atoms with E-state index in [1.165, 1.54) is 0 Å². The average molecular weight is 337 g/mol. The third kappa shape index (κ3) is 2.90. The number of halogens is 1. The number of anilines is 1. The van der Waals surface area contributed by atoms with Crippen LogP contribution in [0.5, 0.6) is 0 Å². The Kier molecular flexibility index (Phi) is 4.23. The minimum absolute atomic E-state index is 0.230. The van der Waals surface area contributed by atoms with Crippen LogP contribution in [0.15, 0.2) is 22.8 Å². The molecular formula is C14H17BrN4O. The van der Waals surface area contributed by atoms with Crippen molar-refractivity contribution in [2.45, 2.75) is 33.7 Å². The minimum atomic E-state index is -0.230. The Morgan fingerprint density at radius 1 is 1.35 bits per heavy atom. The Morgan fingerprint density at radius 3 is 2.55 bits per heavy atom. The lowest BCUT2D eigenvalue weighted by atomic mass is 10.2. The van der Waals surface area contributed by atoms with Crippen molar-refractivity contribution in [3.05, 3.63) is 39.9 Å². The SMILES string of the molecule is Cc1nn(C(C)C)c(C)c1NC(=O)c1ccc(Br)cn1. The first-order valence-corrected chi connectivity index (χ1v) is 7.18. The molecule has 0 saturated heterocycles. The van der Waals surface area contributed by atoms with Gasteiger partial charge in [-0.15, -0.1) is 0 Å². The monoisotopic (exact) mass is 336 g/mol. The van der Waals surface area contributed by atoms with Crippen molar-refractivity contribution < 1.29 is 4.79 Å². The van der Waals surface area contributed by atoms with E-state index >= 15 is 0 Å². The predicted molar refractivity (Wildman–Crippen MR) is 82.0 cm³/mol. The number of carbonyl (C=O) groups is 1. The smallest absolute Gasteiger partial charge is 0.274 e. The van der Waals surface area contributed by atoms with Crippen LogP contribution in [0.25, 0.3) is 0 Å². The zero-order valence-corrected chi connectivity index (χ0v) is 13.5. The van der Waals surface area contributed by atoms with E-state index in [-0.39, 0.29) is 11.9 Å². The predicted octanol–water partition coefficient (Wildman–Crippen LogP) is 3.49. The third-order valence-electron chi connectivity index (χ3n) is 3.01. The van der Waals surface area contributed by atoms with Crippen molar-refractivity contribution in [3.8, 4) is 0 Å². The van der Waals surface area contributed by atoms with E-state index in [2.05, 4.69) is 45.2 Å². The Morgan fingerprint density at radius 2 is 2.05 bits per heavy atom. The summed E-state index contributed by atoms with van der Waals surface area (Å²) < 4.78 is 2.74. The number of rotatable bonds is 3. The number of hydrogen-bond acceptors (Lipinski definition) is 3. The van der Waals surface area contributed by atoms with Crippen LogP contribution in [0.1, 0.15) is 41.8 Å². The molecule has 0 unspecified atom stereocenters. The maximum atomic E-state index is 12.2. The second kappa shape index (κ2) is 5.75. The molecule has 0 aliphatic rings. The van der Waals surface area contributed by atoms with Crippen LogP contribution < -0.4 is 5.32 Å². The van der Waals surface area contributed by atoms with E-state index in [0.717, 1.165) is 21.5 Å². The van der Waals surface area contributed by atoms with Crippen LogP contribution in [0.4, 0.5) is 5.69 Å². The molecule has 6 heteroatoms. The van der Waals surface area contributed by atoms with Gasteiger partial charge < -0.3 is 5.32 Å². The molecule has 0 radical (unpaired) electrons. The molecule has 2 rings (SSSR count). The number of aryl methyl sites for hydroxylation is 1. The maximum Gasteiger partial charge on any atom is 0.274 e. The number of carbonyl (C=O) groups excluding carboxylic acids is 1. The van der Waals surface area contributed by atoms with Gasteiger partial charge in [0.2, 0.25) is 0 Å². The van der Waals surface area contributed by atoms with Crippen molar-refractivity contribution in [1.29, 1.82) is 0 Å². The summed E-state index contributed by atoms with van der Waals surface area (Å²) in [6, 6.07) is 3.72. The van der Waals surface area contributed by atoms with Crippen LogP contribution in [-0.2, 0) is 0 Å². The van der Waals surface area contributed by atoms with Crippen molar-refractivity contribution in [3.63, 3.8) is 0 Å². The summed E-state index contributed by atoms with van der Waals surface area (Å²) in [5.41, 5.74) is 2.89. The standard InChI is InChI=1S/C14H17BrN4O/c1-8(2)19-10(4)13(9(3)18-19)17-14(20)12-6-5-11(15)7-16-12/h5-8H,1-4H3,(H,17,20). The van der Waals surface area contributed by atoms with Crippen LogP contribution in [0.3, 0.4) is 0 Å². The Bertz CT molecular complexity index is 631. The Labute approximate surface area is 126 Å². The summed E-state index contributed by atoms with van der Waals surface area (Å²) in [6.45, 7) is 7.95. The van der Waals surface area contributed by atoms with Crippen molar-refractivity contribution in [2.75, 3.05) is 5.32 Å². The highest BCUT2D eigenvalue weighted by Crippen LogP contribution is 2.23. The molecule has 2 aromatic rings. The van der Waals surface area contributed by atoms with Gasteiger partial charge in [-0.1, -0.05) is 0 Å². The highest BCUT2D eigenvalue weighted by atomic mass is 79.9. The number of nitrogens with zero attached hydrogens (tertiary/aromatic N) is 3. The highest BCUT2D eigenvalue weighted by molar-refractivity contribution is 9.10. The lowest BCUT2D eigenvalue weighted by molar-refractivity contribution is 0.102. The van der Waals surface area contributed by atoms with Gasteiger partial charge in [0.15, 0.2) is 0 Å². The van der Waals surface area contributed by atoms with Crippen molar-refractivity contribution in [1.82, 2.24) is 14.8 Å². The molecule has 106 valence electrons. The fraction of sp³-hybridized carbons (Fsp3) is 0.357. The number of pyridine rings is 1. The summed E-state index contributed by atoms with van der Waals surface area (Å²) in [4.78, 5) is 16.3. The van der Waals surface area contributed by atoms with Gasteiger partial charge in [0.25, 0.3) is 5.91 Å². The van der Waals surface area contributed by atoms with Gasteiger partial charge in [-0.25, -0.2) is 4.98 Å². The summed E-state index contributed by atoms with van der Waals surface area (Å²) in [7, 11) is 0. The highest BCUT2D eigenvalue weighted by Gasteiger charge is 2.16. The zero-order chi connectivity index (χ0) is 14.9. The molecule has 2 heterocycles. The quantitative estimate of drug-likeness (QED) is 0.933. The molecule has 2 aromatic heterocycles. The Balaban J connectivity index is 2.26. The first kappa shape index (κ1) is 14.7. The van der Waals surface area contributed by atoms with Gasteiger partial charge in [0, 0.05) is 16.7 Å². The normalized spacial score (nSPS) is 10.9. The van der Waals surface area contributed by atoms with Gasteiger partial charge in [0.05, 0.1) is 17.1 Å². The lowest BCUT2D eigenvalue weighted by Gasteiger charge is -2.09. The lowest BCUT2D eigenvalue weighted by Crippen LogP contribution is -2.15. The van der Waals surface area contributed by atoms with Gasteiger partial charge in [-0.3, -0.25) is 9.48 Å². The minimum Gasteiger partial charge on any atom is -0.317 e. The molecule has 0 saturated carbocycles. The second-order valence-electron chi connectivity index (χ2n) is 4.90. The van der Waals surface area contributed by atoms with E-state index in [9.17, 15) is 4.79 Å². The molecule has 0 bridgehead atoms. The summed E-state index contributed by atoms with van der Waals surface area (Å²) >= 11 is 3.30. The van der Waals surface area contributed by atoms with E-state index in [1.54, 1.807) is 18.3 Å². The number of nitrogens with one attached hydrogen (secondary N) is 1. The first-order valence-electron chi connectivity index (χ1n) is 6.38. The van der Waals surface area contributed by atoms with E-state index in [4.69, 9.17) is 0 Å². The van der Waals surface area contributed by atoms with E-state index < -0.39 is 0 Å². The van der Waals surface area contributed by atoms with Crippen LogP contribution >= 0.6 is 15.9 Å². The van der Waals surface area contributed by atoms with Crippen LogP contribution in [0.2, 0.25) is 0 Å². The van der Waals surface area contributed by atoms with Crippen LogP contribution in [0, 0.1) is 13.8 Å². The summed E-state index contributed by atoms with van der Waals surface area (Å²) in [6.07, 6.45) is 1.60. The topological polar surface area (TPSA) is 59.8 Å². The number of hydrogen-bond donors (Lipinski definition) is 1. The molecule has 0 spiro atoms. The molecule has 0 aromatic carbocycles. The Hall–Kier alpha value is -1.69. The van der Waals surface area contributed by atoms with Gasteiger partial charge >= 0.3 is 0 Å². The van der Waals surface area contributed by atoms with Gasteiger partial charge in [-0.05, 0) is 55.8 Å². The van der Waals surface area contributed by atoms with Crippen molar-refractivity contribution in [2.24, 2.45) is 0 Å². The molecule has 1 amide bonds. The summed E-state index contributed by atoms with van der Waals surface area (Å²) in [5.74, 6) is -0.230. The molecule has 1 N–H and O–H groups in total. The zero-order valence-electron chi connectivity index (χ0n) is 11.9. The number of aromatic nitrogens is 3. The first-order chi connectivity index (χ1) is 9.40. The average Bonchev–Trinajstić information content (AvgIpc) is 2.67. The largest absolute Gasteiger partial charge is 0.317 e.